The van der Waals surface area contributed by atoms with E-state index in [1.807, 2.05) is 54.6 Å². The average molecular weight is 285 g/mol. The second-order valence-corrected chi connectivity index (χ2v) is 4.94. The topological polar surface area (TPSA) is 36.1 Å². The number of hydrogen-bond donors (Lipinski definition) is 1. The molecule has 0 atom stereocenters. The first-order chi connectivity index (χ1) is 9.68. The smallest absolute Gasteiger partial charge is 0.261 e. The molecular weight excluding hydrogens is 272 g/mol. The number of H-pyrrole nitrogens is 1. The highest BCUT2D eigenvalue weighted by Crippen LogP contribution is 2.28. The molecule has 0 aliphatic rings. The Bertz CT molecular complexity index is 765. The van der Waals surface area contributed by atoms with Crippen LogP contribution in [-0.2, 0) is 0 Å². The monoisotopic (exact) mass is 284 g/mol. The molecule has 3 aromatic rings. The molecule has 0 spiro atoms. The summed E-state index contributed by atoms with van der Waals surface area (Å²) in [7, 11) is 1.75. The Morgan fingerprint density at radius 3 is 2.45 bits per heavy atom. The molecule has 0 bridgehead atoms. The van der Waals surface area contributed by atoms with Crippen molar-refractivity contribution in [2.75, 3.05) is 11.9 Å². The van der Waals surface area contributed by atoms with Gasteiger partial charge in [-0.3, -0.25) is 4.79 Å². The summed E-state index contributed by atoms with van der Waals surface area (Å²) in [6.45, 7) is 0. The number of benzene rings is 2. The summed E-state index contributed by atoms with van der Waals surface area (Å²) in [6, 6.07) is 17.1. The summed E-state index contributed by atoms with van der Waals surface area (Å²) in [5.74, 6) is -0.126. The maximum atomic E-state index is 12.7. The van der Waals surface area contributed by atoms with Gasteiger partial charge >= 0.3 is 0 Å². The van der Waals surface area contributed by atoms with Crippen molar-refractivity contribution >= 4 is 34.1 Å². The van der Waals surface area contributed by atoms with Gasteiger partial charge < -0.3 is 9.88 Å². The highest BCUT2D eigenvalue weighted by atomic mass is 35.5. The van der Waals surface area contributed by atoms with Crippen LogP contribution in [0.15, 0.2) is 54.6 Å². The van der Waals surface area contributed by atoms with Crippen molar-refractivity contribution in [3.8, 4) is 0 Å². The zero-order valence-electron chi connectivity index (χ0n) is 10.9. The van der Waals surface area contributed by atoms with Gasteiger partial charge in [-0.15, -0.1) is 0 Å². The molecule has 1 heterocycles. The van der Waals surface area contributed by atoms with E-state index in [1.165, 1.54) is 0 Å². The second kappa shape index (κ2) is 5.02. The summed E-state index contributed by atoms with van der Waals surface area (Å²) in [5, 5.41) is 1.21. The quantitative estimate of drug-likeness (QED) is 0.756. The van der Waals surface area contributed by atoms with Gasteiger partial charge in [-0.1, -0.05) is 48.0 Å². The molecule has 1 aromatic heterocycles. The zero-order valence-corrected chi connectivity index (χ0v) is 11.7. The van der Waals surface area contributed by atoms with Crippen LogP contribution in [0.25, 0.3) is 10.9 Å². The van der Waals surface area contributed by atoms with E-state index in [2.05, 4.69) is 4.98 Å². The predicted octanol–water partition coefficient (Wildman–Crippen LogP) is 4.10. The van der Waals surface area contributed by atoms with Crippen molar-refractivity contribution in [1.82, 2.24) is 4.98 Å². The normalized spacial score (nSPS) is 10.7. The molecular formula is C16H13ClN2O. The van der Waals surface area contributed by atoms with E-state index >= 15 is 0 Å². The molecule has 100 valence electrons. The Labute approximate surface area is 121 Å². The van der Waals surface area contributed by atoms with Crippen LogP contribution in [0, 0.1) is 0 Å². The molecule has 2 aromatic carbocycles. The minimum Gasteiger partial charge on any atom is -0.345 e. The van der Waals surface area contributed by atoms with Gasteiger partial charge in [-0.2, -0.15) is 0 Å². The van der Waals surface area contributed by atoms with E-state index in [0.29, 0.717) is 10.7 Å². The molecule has 3 nitrogen and oxygen atoms in total. The number of aromatic nitrogens is 1. The number of para-hydroxylation sites is 2. The third-order valence-electron chi connectivity index (χ3n) is 3.32. The van der Waals surface area contributed by atoms with Crippen molar-refractivity contribution < 1.29 is 4.79 Å². The van der Waals surface area contributed by atoms with Gasteiger partial charge in [0.25, 0.3) is 5.91 Å². The molecule has 0 unspecified atom stereocenters. The number of aromatic amines is 1. The van der Waals surface area contributed by atoms with E-state index in [0.717, 1.165) is 16.6 Å². The largest absolute Gasteiger partial charge is 0.345 e. The second-order valence-electron chi connectivity index (χ2n) is 4.56. The van der Waals surface area contributed by atoms with E-state index in [9.17, 15) is 4.79 Å². The molecule has 20 heavy (non-hydrogen) atoms. The minimum atomic E-state index is -0.126. The molecule has 0 aliphatic carbocycles. The number of fused-ring (bicyclic) bond motifs is 1. The van der Waals surface area contributed by atoms with Crippen molar-refractivity contribution in [3.63, 3.8) is 0 Å². The third kappa shape index (κ3) is 2.06. The molecule has 3 rings (SSSR count). The number of halogens is 1. The van der Waals surface area contributed by atoms with Gasteiger partial charge in [0.1, 0.15) is 5.15 Å². The van der Waals surface area contributed by atoms with Crippen LogP contribution in [0.1, 0.15) is 10.4 Å². The lowest BCUT2D eigenvalue weighted by Gasteiger charge is -2.17. The van der Waals surface area contributed by atoms with Crippen LogP contribution >= 0.6 is 11.6 Å². The van der Waals surface area contributed by atoms with Crippen LogP contribution in [0.5, 0.6) is 0 Å². The van der Waals surface area contributed by atoms with Gasteiger partial charge in [0.2, 0.25) is 0 Å². The number of carbonyl (C=O) groups excluding carboxylic acids is 1. The predicted molar refractivity (Wildman–Crippen MR) is 82.5 cm³/mol. The summed E-state index contributed by atoms with van der Waals surface area (Å²) >= 11 is 6.19. The van der Waals surface area contributed by atoms with Crippen LogP contribution in [-0.4, -0.2) is 17.9 Å². The Balaban J connectivity index is 2.07. The Hall–Kier alpha value is -2.26. The first-order valence-electron chi connectivity index (χ1n) is 6.28. The number of carbonyl (C=O) groups is 1. The molecule has 0 saturated carbocycles. The van der Waals surface area contributed by atoms with Gasteiger partial charge in [0, 0.05) is 23.6 Å². The first kappa shape index (κ1) is 12.8. The fourth-order valence-electron chi connectivity index (χ4n) is 2.25. The molecule has 1 N–H and O–H groups in total. The lowest BCUT2D eigenvalue weighted by Crippen LogP contribution is -2.26. The van der Waals surface area contributed by atoms with Gasteiger partial charge in [0.05, 0.1) is 5.56 Å². The van der Waals surface area contributed by atoms with E-state index < -0.39 is 0 Å². The molecule has 0 saturated heterocycles. The van der Waals surface area contributed by atoms with Gasteiger partial charge in [0.15, 0.2) is 0 Å². The molecule has 0 aliphatic heterocycles. The zero-order chi connectivity index (χ0) is 14.1. The van der Waals surface area contributed by atoms with Crippen LogP contribution in [0.2, 0.25) is 5.15 Å². The lowest BCUT2D eigenvalue weighted by atomic mass is 10.1. The highest BCUT2D eigenvalue weighted by Gasteiger charge is 2.21. The third-order valence-corrected chi connectivity index (χ3v) is 3.61. The first-order valence-corrected chi connectivity index (χ1v) is 6.65. The number of nitrogens with zero attached hydrogens (tertiary/aromatic N) is 1. The van der Waals surface area contributed by atoms with E-state index in [4.69, 9.17) is 11.6 Å². The average Bonchev–Trinajstić information content (AvgIpc) is 2.82. The van der Waals surface area contributed by atoms with Crippen LogP contribution in [0.3, 0.4) is 0 Å². The molecule has 0 radical (unpaired) electrons. The van der Waals surface area contributed by atoms with E-state index in [-0.39, 0.29) is 5.91 Å². The van der Waals surface area contributed by atoms with Crippen molar-refractivity contribution in [1.29, 1.82) is 0 Å². The minimum absolute atomic E-state index is 0.126. The van der Waals surface area contributed by atoms with Gasteiger partial charge in [-0.05, 0) is 18.2 Å². The summed E-state index contributed by atoms with van der Waals surface area (Å²) in [4.78, 5) is 17.3. The maximum absolute atomic E-state index is 12.7. The molecule has 0 fully saturated rings. The fraction of sp³-hybridized carbons (Fsp3) is 0.0625. The number of anilines is 1. The molecule has 1 amide bonds. The maximum Gasteiger partial charge on any atom is 0.261 e. The number of hydrogen-bond acceptors (Lipinski definition) is 1. The summed E-state index contributed by atoms with van der Waals surface area (Å²) < 4.78 is 0. The Morgan fingerprint density at radius 1 is 1.05 bits per heavy atom. The SMILES string of the molecule is CN(C(=O)c1c(Cl)[nH]c2ccccc12)c1ccccc1. The Morgan fingerprint density at radius 2 is 1.70 bits per heavy atom. The standard InChI is InChI=1S/C16H13ClN2O/c1-19(11-7-3-2-4-8-11)16(20)14-12-9-5-6-10-13(12)18-15(14)17/h2-10,18H,1H3. The Kier molecular flexibility index (Phi) is 3.20. The number of nitrogens with one attached hydrogen (secondary N) is 1. The van der Waals surface area contributed by atoms with Gasteiger partial charge in [-0.25, -0.2) is 0 Å². The van der Waals surface area contributed by atoms with Crippen molar-refractivity contribution in [3.05, 3.63) is 65.3 Å². The number of amides is 1. The highest BCUT2D eigenvalue weighted by molar-refractivity contribution is 6.36. The van der Waals surface area contributed by atoms with Crippen molar-refractivity contribution in [2.24, 2.45) is 0 Å². The summed E-state index contributed by atoms with van der Waals surface area (Å²) in [6.07, 6.45) is 0. The number of rotatable bonds is 2. The van der Waals surface area contributed by atoms with Crippen molar-refractivity contribution in [2.45, 2.75) is 0 Å². The van der Waals surface area contributed by atoms with Crippen LogP contribution < -0.4 is 4.90 Å². The fourth-order valence-corrected chi connectivity index (χ4v) is 2.54. The van der Waals surface area contributed by atoms with Crippen LogP contribution in [0.4, 0.5) is 5.69 Å². The summed E-state index contributed by atoms with van der Waals surface area (Å²) in [5.41, 5.74) is 2.20. The van der Waals surface area contributed by atoms with E-state index in [1.54, 1.807) is 11.9 Å². The lowest BCUT2D eigenvalue weighted by molar-refractivity contribution is 0.0995. The molecule has 4 heteroatoms.